The van der Waals surface area contributed by atoms with E-state index >= 15 is 0 Å². The van der Waals surface area contributed by atoms with Crippen LogP contribution in [0.4, 0.5) is 14.5 Å². The standard InChI is InChI=1S/C18H19F2NO3S/c1-12(2)14-5-3-13(4-6-14)10-25(23,24)11-18(22)21-17-8-7-15(19)9-16(17)20/h3-9,12H,10-11H2,1-2H3,(H,21,22). The molecule has 0 fully saturated rings. The fraction of sp³-hybridized carbons (Fsp3) is 0.278. The first-order chi connectivity index (χ1) is 11.7. The van der Waals surface area contributed by atoms with Crippen LogP contribution in [0.15, 0.2) is 42.5 Å². The van der Waals surface area contributed by atoms with Crippen LogP contribution in [0, 0.1) is 11.6 Å². The Morgan fingerprint density at radius 1 is 1.08 bits per heavy atom. The molecule has 0 bridgehead atoms. The Kier molecular flexibility index (Phi) is 5.89. The van der Waals surface area contributed by atoms with Crippen LogP contribution in [-0.2, 0) is 20.4 Å². The third kappa shape index (κ3) is 5.63. The second kappa shape index (κ2) is 7.74. The molecule has 4 nitrogen and oxygen atoms in total. The maximum Gasteiger partial charge on any atom is 0.239 e. The van der Waals surface area contributed by atoms with Crippen molar-refractivity contribution in [3.8, 4) is 0 Å². The van der Waals surface area contributed by atoms with Gasteiger partial charge in [0.05, 0.1) is 11.4 Å². The third-order valence-corrected chi connectivity index (χ3v) is 5.06. The van der Waals surface area contributed by atoms with Crippen molar-refractivity contribution in [3.05, 3.63) is 65.2 Å². The monoisotopic (exact) mass is 367 g/mol. The average molecular weight is 367 g/mol. The number of hydrogen-bond donors (Lipinski definition) is 1. The van der Waals surface area contributed by atoms with Gasteiger partial charge in [-0.1, -0.05) is 38.1 Å². The molecule has 0 saturated carbocycles. The summed E-state index contributed by atoms with van der Waals surface area (Å²) in [7, 11) is -3.72. The molecular formula is C18H19F2NO3S. The fourth-order valence-corrected chi connectivity index (χ4v) is 3.55. The van der Waals surface area contributed by atoms with Crippen molar-refractivity contribution in [2.45, 2.75) is 25.5 Å². The van der Waals surface area contributed by atoms with E-state index in [0.717, 1.165) is 17.7 Å². The van der Waals surface area contributed by atoms with Gasteiger partial charge in [-0.05, 0) is 29.2 Å². The van der Waals surface area contributed by atoms with Crippen molar-refractivity contribution in [1.29, 1.82) is 0 Å². The van der Waals surface area contributed by atoms with Crippen molar-refractivity contribution >= 4 is 21.4 Å². The molecule has 0 aliphatic carbocycles. The number of sulfone groups is 1. The third-order valence-electron chi connectivity index (χ3n) is 3.59. The number of halogens is 2. The van der Waals surface area contributed by atoms with E-state index in [1.165, 1.54) is 0 Å². The summed E-state index contributed by atoms with van der Waals surface area (Å²) < 4.78 is 50.6. The molecule has 0 heterocycles. The van der Waals surface area contributed by atoms with Gasteiger partial charge in [0, 0.05) is 6.07 Å². The molecule has 134 valence electrons. The maximum absolute atomic E-state index is 13.5. The van der Waals surface area contributed by atoms with E-state index in [1.807, 2.05) is 26.0 Å². The summed E-state index contributed by atoms with van der Waals surface area (Å²) >= 11 is 0. The quantitative estimate of drug-likeness (QED) is 0.848. The first-order valence-electron chi connectivity index (χ1n) is 7.70. The van der Waals surface area contributed by atoms with Gasteiger partial charge in [-0.25, -0.2) is 17.2 Å². The molecule has 0 spiro atoms. The van der Waals surface area contributed by atoms with Crippen LogP contribution in [0.2, 0.25) is 0 Å². The Morgan fingerprint density at radius 2 is 1.72 bits per heavy atom. The number of carbonyl (C=O) groups excluding carboxylic acids is 1. The van der Waals surface area contributed by atoms with E-state index in [2.05, 4.69) is 5.32 Å². The zero-order valence-corrected chi connectivity index (χ0v) is 14.7. The summed E-state index contributed by atoms with van der Waals surface area (Å²) in [4.78, 5) is 11.8. The number of amides is 1. The summed E-state index contributed by atoms with van der Waals surface area (Å²) in [6.07, 6.45) is 0. The molecule has 0 saturated heterocycles. The Labute approximate surface area is 145 Å². The lowest BCUT2D eigenvalue weighted by Gasteiger charge is -2.09. The molecule has 2 aromatic carbocycles. The summed E-state index contributed by atoms with van der Waals surface area (Å²) in [6.45, 7) is 4.06. The number of nitrogens with one attached hydrogen (secondary N) is 1. The molecule has 2 aromatic rings. The Balaban J connectivity index is 2.01. The zero-order valence-electron chi connectivity index (χ0n) is 13.9. The minimum atomic E-state index is -3.72. The summed E-state index contributed by atoms with van der Waals surface area (Å²) in [5.74, 6) is -3.35. The lowest BCUT2D eigenvalue weighted by atomic mass is 10.0. The Hall–Kier alpha value is -2.28. The summed E-state index contributed by atoms with van der Waals surface area (Å²) in [5.41, 5.74) is 1.40. The second-order valence-electron chi connectivity index (χ2n) is 6.10. The number of benzene rings is 2. The van der Waals surface area contributed by atoms with E-state index in [1.54, 1.807) is 12.1 Å². The predicted molar refractivity (Wildman–Crippen MR) is 93.0 cm³/mol. The number of hydrogen-bond acceptors (Lipinski definition) is 3. The lowest BCUT2D eigenvalue weighted by Crippen LogP contribution is -2.24. The number of anilines is 1. The van der Waals surface area contributed by atoms with Gasteiger partial charge in [0.25, 0.3) is 0 Å². The molecule has 0 unspecified atom stereocenters. The highest BCUT2D eigenvalue weighted by molar-refractivity contribution is 7.91. The number of carbonyl (C=O) groups is 1. The van der Waals surface area contributed by atoms with Gasteiger partial charge in [-0.3, -0.25) is 4.79 Å². The molecule has 7 heteroatoms. The molecule has 25 heavy (non-hydrogen) atoms. The van der Waals surface area contributed by atoms with Crippen LogP contribution in [0.25, 0.3) is 0 Å². The minimum Gasteiger partial charge on any atom is -0.323 e. The van der Waals surface area contributed by atoms with Crippen LogP contribution < -0.4 is 5.32 Å². The number of rotatable bonds is 6. The van der Waals surface area contributed by atoms with Gasteiger partial charge in [-0.2, -0.15) is 0 Å². The molecule has 1 N–H and O–H groups in total. The molecule has 0 radical (unpaired) electrons. The largest absolute Gasteiger partial charge is 0.323 e. The normalized spacial score (nSPS) is 11.6. The SMILES string of the molecule is CC(C)c1ccc(CS(=O)(=O)CC(=O)Nc2ccc(F)cc2F)cc1. The van der Waals surface area contributed by atoms with Crippen LogP contribution >= 0.6 is 0 Å². The van der Waals surface area contributed by atoms with Crippen LogP contribution in [0.1, 0.15) is 30.9 Å². The molecule has 0 aliphatic rings. The highest BCUT2D eigenvalue weighted by Crippen LogP contribution is 2.17. The molecule has 0 aromatic heterocycles. The fourth-order valence-electron chi connectivity index (χ4n) is 2.28. The van der Waals surface area contributed by atoms with E-state index in [0.29, 0.717) is 17.5 Å². The van der Waals surface area contributed by atoms with Crippen molar-refractivity contribution in [2.24, 2.45) is 0 Å². The summed E-state index contributed by atoms with van der Waals surface area (Å²) in [5, 5.41) is 2.14. The molecule has 0 atom stereocenters. The van der Waals surface area contributed by atoms with Gasteiger partial charge >= 0.3 is 0 Å². The van der Waals surface area contributed by atoms with E-state index in [4.69, 9.17) is 0 Å². The van der Waals surface area contributed by atoms with Crippen molar-refractivity contribution in [2.75, 3.05) is 11.1 Å². The van der Waals surface area contributed by atoms with Gasteiger partial charge < -0.3 is 5.32 Å². The minimum absolute atomic E-state index is 0.261. The Morgan fingerprint density at radius 3 is 2.28 bits per heavy atom. The van der Waals surface area contributed by atoms with Crippen molar-refractivity contribution in [1.82, 2.24) is 0 Å². The van der Waals surface area contributed by atoms with Gasteiger partial charge in [-0.15, -0.1) is 0 Å². The van der Waals surface area contributed by atoms with Gasteiger partial charge in [0.15, 0.2) is 9.84 Å². The van der Waals surface area contributed by atoms with Gasteiger partial charge in [0.2, 0.25) is 5.91 Å². The van der Waals surface area contributed by atoms with E-state index in [9.17, 15) is 22.0 Å². The van der Waals surface area contributed by atoms with Crippen LogP contribution in [0.5, 0.6) is 0 Å². The molecule has 2 rings (SSSR count). The molecule has 0 aliphatic heterocycles. The highest BCUT2D eigenvalue weighted by Gasteiger charge is 2.19. The smallest absolute Gasteiger partial charge is 0.239 e. The summed E-state index contributed by atoms with van der Waals surface area (Å²) in [6, 6.07) is 9.76. The average Bonchev–Trinajstić information content (AvgIpc) is 2.49. The van der Waals surface area contributed by atoms with Crippen LogP contribution in [0.3, 0.4) is 0 Å². The van der Waals surface area contributed by atoms with Crippen molar-refractivity contribution < 1.29 is 22.0 Å². The van der Waals surface area contributed by atoms with Gasteiger partial charge in [0.1, 0.15) is 17.4 Å². The lowest BCUT2D eigenvalue weighted by molar-refractivity contribution is -0.113. The topological polar surface area (TPSA) is 63.2 Å². The van der Waals surface area contributed by atoms with E-state index in [-0.39, 0.29) is 11.4 Å². The molecule has 1 amide bonds. The first kappa shape index (κ1) is 19.1. The predicted octanol–water partition coefficient (Wildman–Crippen LogP) is 3.64. The highest BCUT2D eigenvalue weighted by atomic mass is 32.2. The Bertz CT molecular complexity index is 862. The zero-order chi connectivity index (χ0) is 18.6. The van der Waals surface area contributed by atoms with Crippen molar-refractivity contribution in [3.63, 3.8) is 0 Å². The first-order valence-corrected chi connectivity index (χ1v) is 9.52. The van der Waals surface area contributed by atoms with E-state index < -0.39 is 33.1 Å². The van der Waals surface area contributed by atoms with Crippen LogP contribution in [-0.4, -0.2) is 20.1 Å². The second-order valence-corrected chi connectivity index (χ2v) is 8.17. The molecular weight excluding hydrogens is 348 g/mol. The maximum atomic E-state index is 13.5.